The minimum atomic E-state index is -0.364. The molecule has 3 rings (SSSR count). The molecular weight excluding hydrogens is 265 g/mol. The highest BCUT2D eigenvalue weighted by atomic mass is 19.1. The summed E-state index contributed by atoms with van der Waals surface area (Å²) < 4.78 is 13.7. The fraction of sp³-hybridized carbons (Fsp3) is 0.0588. The summed E-state index contributed by atoms with van der Waals surface area (Å²) in [5.74, 6) is 0.0820. The Morgan fingerprint density at radius 1 is 1.29 bits per heavy atom. The predicted molar refractivity (Wildman–Crippen MR) is 80.7 cm³/mol. The van der Waals surface area contributed by atoms with Crippen LogP contribution in [0.1, 0.15) is 17.0 Å². The summed E-state index contributed by atoms with van der Waals surface area (Å²) in [4.78, 5) is 7.48. The van der Waals surface area contributed by atoms with E-state index in [1.165, 1.54) is 12.1 Å². The second-order valence-corrected chi connectivity index (χ2v) is 4.80. The number of nitriles is 1. The zero-order chi connectivity index (χ0) is 14.8. The summed E-state index contributed by atoms with van der Waals surface area (Å²) in [7, 11) is 0. The van der Waals surface area contributed by atoms with Gasteiger partial charge in [0.05, 0.1) is 16.6 Å². The highest BCUT2D eigenvalue weighted by Gasteiger charge is 2.09. The lowest BCUT2D eigenvalue weighted by Crippen LogP contribution is -1.87. The molecule has 4 heteroatoms. The third kappa shape index (κ3) is 2.54. The lowest BCUT2D eigenvalue weighted by atomic mass is 10.1. The molecule has 0 saturated heterocycles. The summed E-state index contributed by atoms with van der Waals surface area (Å²) in [6.45, 7) is 1.99. The van der Waals surface area contributed by atoms with Crippen LogP contribution in [0.15, 0.2) is 42.5 Å². The molecule has 0 bridgehead atoms. The summed E-state index contributed by atoms with van der Waals surface area (Å²) in [6, 6.07) is 14.2. The van der Waals surface area contributed by atoms with Crippen molar-refractivity contribution in [2.24, 2.45) is 0 Å². The third-order valence-electron chi connectivity index (χ3n) is 3.22. The van der Waals surface area contributed by atoms with Crippen LogP contribution in [0.25, 0.3) is 22.7 Å². The molecule has 1 aromatic heterocycles. The largest absolute Gasteiger partial charge is 0.337 e. The molecule has 0 aliphatic rings. The van der Waals surface area contributed by atoms with Crippen LogP contribution in [0.4, 0.5) is 4.39 Å². The van der Waals surface area contributed by atoms with Crippen molar-refractivity contribution < 1.29 is 4.39 Å². The van der Waals surface area contributed by atoms with Gasteiger partial charge in [-0.1, -0.05) is 24.3 Å². The number of fused-ring (bicyclic) bond motifs is 1. The molecule has 0 amide bonds. The normalized spacial score (nSPS) is 11.6. The maximum atomic E-state index is 13.7. The number of aromatic amines is 1. The number of rotatable bonds is 2. The number of hydrogen-bond acceptors (Lipinski definition) is 2. The molecule has 3 nitrogen and oxygen atoms in total. The minimum Gasteiger partial charge on any atom is -0.337 e. The molecule has 102 valence electrons. The van der Waals surface area contributed by atoms with E-state index in [1.54, 1.807) is 18.2 Å². The average molecular weight is 277 g/mol. The second-order valence-electron chi connectivity index (χ2n) is 4.80. The van der Waals surface area contributed by atoms with E-state index in [1.807, 2.05) is 25.1 Å². The van der Waals surface area contributed by atoms with Crippen molar-refractivity contribution in [3.05, 3.63) is 65.2 Å². The maximum absolute atomic E-state index is 13.7. The number of aryl methyl sites for hydroxylation is 1. The van der Waals surface area contributed by atoms with Crippen molar-refractivity contribution in [1.82, 2.24) is 9.97 Å². The fourth-order valence-electron chi connectivity index (χ4n) is 2.15. The van der Waals surface area contributed by atoms with Crippen molar-refractivity contribution in [1.29, 1.82) is 5.26 Å². The number of nitrogens with zero attached hydrogens (tertiary/aromatic N) is 2. The van der Waals surface area contributed by atoms with E-state index in [0.717, 1.165) is 16.6 Å². The smallest absolute Gasteiger partial charge is 0.149 e. The summed E-state index contributed by atoms with van der Waals surface area (Å²) in [5, 5.41) is 9.31. The first-order valence-corrected chi connectivity index (χ1v) is 6.50. The highest BCUT2D eigenvalue weighted by molar-refractivity contribution is 5.90. The fourth-order valence-corrected chi connectivity index (χ4v) is 2.15. The van der Waals surface area contributed by atoms with E-state index >= 15 is 0 Å². The van der Waals surface area contributed by atoms with Crippen molar-refractivity contribution in [2.45, 2.75) is 6.92 Å². The van der Waals surface area contributed by atoms with Crippen LogP contribution in [0, 0.1) is 24.1 Å². The first kappa shape index (κ1) is 13.1. The van der Waals surface area contributed by atoms with Crippen molar-refractivity contribution >= 4 is 22.7 Å². The molecule has 0 unspecified atom stereocenters. The van der Waals surface area contributed by atoms with Gasteiger partial charge in [0.2, 0.25) is 0 Å². The van der Waals surface area contributed by atoms with Gasteiger partial charge in [-0.2, -0.15) is 5.26 Å². The molecule has 0 aliphatic carbocycles. The number of H-pyrrole nitrogens is 1. The number of allylic oxidation sites excluding steroid dienone is 1. The molecule has 0 spiro atoms. The topological polar surface area (TPSA) is 52.5 Å². The number of aromatic nitrogens is 2. The van der Waals surface area contributed by atoms with Gasteiger partial charge in [-0.05, 0) is 36.8 Å². The van der Waals surface area contributed by atoms with E-state index < -0.39 is 0 Å². The molecule has 0 radical (unpaired) electrons. The van der Waals surface area contributed by atoms with Gasteiger partial charge in [-0.15, -0.1) is 0 Å². The predicted octanol–water partition coefficient (Wildman–Crippen LogP) is 4.07. The van der Waals surface area contributed by atoms with Crippen LogP contribution in [0.5, 0.6) is 0 Å². The molecule has 1 heterocycles. The molecule has 3 aromatic rings. The highest BCUT2D eigenvalue weighted by Crippen LogP contribution is 2.21. The Bertz CT molecular complexity index is 884. The lowest BCUT2D eigenvalue weighted by Gasteiger charge is -1.97. The van der Waals surface area contributed by atoms with Crippen molar-refractivity contribution in [3.63, 3.8) is 0 Å². The van der Waals surface area contributed by atoms with Gasteiger partial charge in [0, 0.05) is 5.56 Å². The van der Waals surface area contributed by atoms with Crippen molar-refractivity contribution in [2.75, 3.05) is 0 Å². The van der Waals surface area contributed by atoms with Gasteiger partial charge in [0.25, 0.3) is 0 Å². The summed E-state index contributed by atoms with van der Waals surface area (Å²) in [5.41, 5.74) is 3.42. The Balaban J connectivity index is 2.10. The standard InChI is InChI=1S/C17H12FN3/c1-11-6-7-15-16(8-11)21-17(20-15)13(10-19)9-12-4-2-3-5-14(12)18/h2-9H,1H3,(H,20,21)/b13-9+. The lowest BCUT2D eigenvalue weighted by molar-refractivity contribution is 0.625. The van der Waals surface area contributed by atoms with Gasteiger partial charge >= 0.3 is 0 Å². The SMILES string of the molecule is Cc1ccc2nc(/C(C#N)=C/c3ccccc3F)[nH]c2c1. The van der Waals surface area contributed by atoms with Gasteiger partial charge in [0.1, 0.15) is 17.7 Å². The first-order valence-electron chi connectivity index (χ1n) is 6.50. The molecule has 0 aliphatic heterocycles. The van der Waals surface area contributed by atoms with E-state index in [2.05, 4.69) is 16.0 Å². The Labute approximate surface area is 121 Å². The van der Waals surface area contributed by atoms with E-state index in [0.29, 0.717) is 17.0 Å². The van der Waals surface area contributed by atoms with Crippen LogP contribution in [-0.4, -0.2) is 9.97 Å². The minimum absolute atomic E-state index is 0.300. The van der Waals surface area contributed by atoms with E-state index in [-0.39, 0.29) is 5.82 Å². The van der Waals surface area contributed by atoms with Crippen LogP contribution < -0.4 is 0 Å². The first-order chi connectivity index (χ1) is 10.2. The number of nitrogens with one attached hydrogen (secondary N) is 1. The van der Waals surface area contributed by atoms with Gasteiger partial charge in [-0.3, -0.25) is 0 Å². The van der Waals surface area contributed by atoms with Crippen LogP contribution >= 0.6 is 0 Å². The van der Waals surface area contributed by atoms with Gasteiger partial charge in [0.15, 0.2) is 0 Å². The maximum Gasteiger partial charge on any atom is 0.149 e. The van der Waals surface area contributed by atoms with Crippen LogP contribution in [-0.2, 0) is 0 Å². The molecule has 21 heavy (non-hydrogen) atoms. The third-order valence-corrected chi connectivity index (χ3v) is 3.22. The Kier molecular flexibility index (Phi) is 3.25. The summed E-state index contributed by atoms with van der Waals surface area (Å²) >= 11 is 0. The monoisotopic (exact) mass is 277 g/mol. The zero-order valence-corrected chi connectivity index (χ0v) is 11.4. The number of imidazole rings is 1. The number of halogens is 1. The Morgan fingerprint density at radius 3 is 2.86 bits per heavy atom. The van der Waals surface area contributed by atoms with Gasteiger partial charge < -0.3 is 4.98 Å². The molecule has 0 fully saturated rings. The number of hydrogen-bond donors (Lipinski definition) is 1. The molecular formula is C17H12FN3. The quantitative estimate of drug-likeness (QED) is 0.718. The Morgan fingerprint density at radius 2 is 2.10 bits per heavy atom. The van der Waals surface area contributed by atoms with Crippen LogP contribution in [0.3, 0.4) is 0 Å². The van der Waals surface area contributed by atoms with Crippen LogP contribution in [0.2, 0.25) is 0 Å². The molecule has 0 saturated carbocycles. The Hall–Kier alpha value is -2.93. The summed E-state index contributed by atoms with van der Waals surface area (Å²) in [6.07, 6.45) is 1.50. The molecule has 0 atom stereocenters. The second kappa shape index (κ2) is 5.22. The molecule has 1 N–H and O–H groups in total. The van der Waals surface area contributed by atoms with E-state index in [4.69, 9.17) is 0 Å². The van der Waals surface area contributed by atoms with Crippen molar-refractivity contribution in [3.8, 4) is 6.07 Å². The van der Waals surface area contributed by atoms with E-state index in [9.17, 15) is 9.65 Å². The van der Waals surface area contributed by atoms with Gasteiger partial charge in [-0.25, -0.2) is 9.37 Å². The average Bonchev–Trinajstić information content (AvgIpc) is 2.89. The zero-order valence-electron chi connectivity index (χ0n) is 11.4. The number of benzene rings is 2. The molecule has 2 aromatic carbocycles.